The van der Waals surface area contributed by atoms with Gasteiger partial charge in [0, 0.05) is 33.3 Å². The van der Waals surface area contributed by atoms with Gasteiger partial charge in [-0.1, -0.05) is 0 Å². The molecule has 1 N–H and O–H groups in total. The van der Waals surface area contributed by atoms with Crippen LogP contribution in [0.2, 0.25) is 0 Å². The number of hydrogen-bond acceptors (Lipinski definition) is 4. The Morgan fingerprint density at radius 3 is 3.08 bits per heavy atom. The summed E-state index contributed by atoms with van der Waals surface area (Å²) in [6.07, 6.45) is 0.852. The van der Waals surface area contributed by atoms with Crippen LogP contribution in [0.4, 0.5) is 9.18 Å². The van der Waals surface area contributed by atoms with Crippen molar-refractivity contribution >= 4 is 6.03 Å². The van der Waals surface area contributed by atoms with Crippen molar-refractivity contribution in [2.45, 2.75) is 25.0 Å². The Morgan fingerprint density at radius 1 is 1.50 bits per heavy atom. The Bertz CT molecular complexity index is 660. The number of nitriles is 1. The monoisotopic (exact) mass is 332 g/mol. The van der Waals surface area contributed by atoms with Gasteiger partial charge >= 0.3 is 6.03 Å². The maximum Gasteiger partial charge on any atom is 0.318 e. The van der Waals surface area contributed by atoms with Crippen LogP contribution in [0.15, 0.2) is 18.2 Å². The van der Waals surface area contributed by atoms with Crippen LogP contribution in [-0.4, -0.2) is 61.3 Å². The second-order valence-electron chi connectivity index (χ2n) is 6.25. The van der Waals surface area contributed by atoms with Crippen molar-refractivity contribution in [3.63, 3.8) is 0 Å². The van der Waals surface area contributed by atoms with Crippen molar-refractivity contribution in [2.24, 2.45) is 0 Å². The number of urea groups is 1. The largest absolute Gasteiger partial charge is 0.383 e. The molecule has 0 bridgehead atoms. The molecule has 0 unspecified atom stereocenters. The molecule has 2 atom stereocenters. The minimum atomic E-state index is -0.334. The number of fused-ring (bicyclic) bond motifs is 1. The minimum Gasteiger partial charge on any atom is -0.383 e. The van der Waals surface area contributed by atoms with Gasteiger partial charge in [-0.2, -0.15) is 5.26 Å². The quantitative estimate of drug-likeness (QED) is 0.883. The summed E-state index contributed by atoms with van der Waals surface area (Å²) in [6.45, 7) is 3.13. The van der Waals surface area contributed by atoms with E-state index in [9.17, 15) is 14.4 Å². The molecule has 24 heavy (non-hydrogen) atoms. The highest BCUT2D eigenvalue weighted by molar-refractivity contribution is 5.77. The number of amides is 2. The number of hydrogen-bond donors (Lipinski definition) is 1. The fraction of sp³-hybridized carbons (Fsp3) is 0.529. The molecule has 6 nitrogen and oxygen atoms in total. The lowest BCUT2D eigenvalue weighted by atomic mass is 9.98. The SMILES string of the molecule is COCCN1C(=O)N[C@@H]2CN(Cc3cc(F)ccc3C#N)CC[C@@H]21. The summed E-state index contributed by atoms with van der Waals surface area (Å²) in [5.74, 6) is -0.334. The van der Waals surface area contributed by atoms with Gasteiger partial charge in [-0.3, -0.25) is 4.90 Å². The molecule has 7 heteroatoms. The number of carbonyl (C=O) groups is 1. The number of carbonyl (C=O) groups excluding carboxylic acids is 1. The molecule has 2 aliphatic rings. The van der Waals surface area contributed by atoms with Crippen LogP contribution < -0.4 is 5.32 Å². The molecule has 3 rings (SSSR count). The number of methoxy groups -OCH3 is 1. The van der Waals surface area contributed by atoms with Crippen molar-refractivity contribution in [3.05, 3.63) is 35.1 Å². The summed E-state index contributed by atoms with van der Waals surface area (Å²) in [6, 6.07) is 6.53. The number of nitrogens with zero attached hydrogens (tertiary/aromatic N) is 3. The summed E-state index contributed by atoms with van der Waals surface area (Å²) in [4.78, 5) is 16.1. The molecule has 2 amide bonds. The Hall–Kier alpha value is -2.17. The lowest BCUT2D eigenvalue weighted by Gasteiger charge is -2.36. The van der Waals surface area contributed by atoms with E-state index in [1.54, 1.807) is 7.11 Å². The molecule has 0 aromatic heterocycles. The third-order valence-electron chi connectivity index (χ3n) is 4.75. The van der Waals surface area contributed by atoms with E-state index >= 15 is 0 Å². The summed E-state index contributed by atoms with van der Waals surface area (Å²) < 4.78 is 18.5. The predicted octanol–water partition coefficient (Wildman–Crippen LogP) is 1.31. The highest BCUT2D eigenvalue weighted by atomic mass is 19.1. The fourth-order valence-electron chi connectivity index (χ4n) is 3.56. The van der Waals surface area contributed by atoms with Crippen LogP contribution in [0.1, 0.15) is 17.5 Å². The minimum absolute atomic E-state index is 0.0487. The van der Waals surface area contributed by atoms with Gasteiger partial charge in [0.05, 0.1) is 30.3 Å². The molecule has 1 aromatic rings. The number of piperidine rings is 1. The van der Waals surface area contributed by atoms with Crippen LogP contribution in [-0.2, 0) is 11.3 Å². The van der Waals surface area contributed by atoms with Gasteiger partial charge in [-0.05, 0) is 30.2 Å². The van der Waals surface area contributed by atoms with Gasteiger partial charge in [0.15, 0.2) is 0 Å². The Balaban J connectivity index is 1.66. The molecule has 128 valence electrons. The number of likely N-dealkylation sites (tertiary alicyclic amines) is 1. The van der Waals surface area contributed by atoms with Crippen molar-refractivity contribution in [1.82, 2.24) is 15.1 Å². The van der Waals surface area contributed by atoms with Crippen molar-refractivity contribution < 1.29 is 13.9 Å². The second kappa shape index (κ2) is 7.16. The van der Waals surface area contributed by atoms with E-state index in [2.05, 4.69) is 16.3 Å². The standard InChI is InChI=1S/C17H21FN4O2/c1-24-7-6-22-16-4-5-21(11-15(16)20-17(22)23)10-13-8-14(18)3-2-12(13)9-19/h2-3,8,15-16H,4-7,10-11H2,1H3,(H,20,23)/t15-,16+/m1/s1. The zero-order chi connectivity index (χ0) is 17.1. The Kier molecular flexibility index (Phi) is 4.97. The molecule has 0 aliphatic carbocycles. The first-order chi connectivity index (χ1) is 11.6. The number of benzene rings is 1. The number of nitrogens with one attached hydrogen (secondary N) is 1. The smallest absolute Gasteiger partial charge is 0.318 e. The molecule has 0 saturated carbocycles. The average molecular weight is 332 g/mol. The number of halogens is 1. The molecule has 0 radical (unpaired) electrons. The highest BCUT2D eigenvalue weighted by Gasteiger charge is 2.42. The first-order valence-corrected chi connectivity index (χ1v) is 8.09. The average Bonchev–Trinajstić information content (AvgIpc) is 2.87. The van der Waals surface area contributed by atoms with E-state index in [0.717, 1.165) is 13.0 Å². The summed E-state index contributed by atoms with van der Waals surface area (Å²) in [7, 11) is 1.62. The third kappa shape index (κ3) is 3.35. The first kappa shape index (κ1) is 16.7. The number of ether oxygens (including phenoxy) is 1. The maximum atomic E-state index is 13.5. The van der Waals surface area contributed by atoms with E-state index in [0.29, 0.717) is 37.4 Å². The molecular formula is C17H21FN4O2. The van der Waals surface area contributed by atoms with Crippen LogP contribution in [0.3, 0.4) is 0 Å². The lowest BCUT2D eigenvalue weighted by Crippen LogP contribution is -2.51. The third-order valence-corrected chi connectivity index (χ3v) is 4.75. The van der Waals surface area contributed by atoms with Gasteiger partial charge in [0.1, 0.15) is 5.82 Å². The van der Waals surface area contributed by atoms with Crippen molar-refractivity contribution in [1.29, 1.82) is 5.26 Å². The van der Waals surface area contributed by atoms with Gasteiger partial charge in [0.25, 0.3) is 0 Å². The Morgan fingerprint density at radius 2 is 2.33 bits per heavy atom. The van der Waals surface area contributed by atoms with E-state index in [1.807, 2.05) is 4.90 Å². The molecule has 2 saturated heterocycles. The molecule has 2 heterocycles. The normalized spacial score (nSPS) is 23.7. The van der Waals surface area contributed by atoms with E-state index in [4.69, 9.17) is 4.74 Å². The lowest BCUT2D eigenvalue weighted by molar-refractivity contribution is 0.111. The highest BCUT2D eigenvalue weighted by Crippen LogP contribution is 2.24. The van der Waals surface area contributed by atoms with Crippen molar-refractivity contribution in [3.8, 4) is 6.07 Å². The summed E-state index contributed by atoms with van der Waals surface area (Å²) in [5.41, 5.74) is 1.19. The van der Waals surface area contributed by atoms with Crippen LogP contribution >= 0.6 is 0 Å². The zero-order valence-electron chi connectivity index (χ0n) is 13.7. The van der Waals surface area contributed by atoms with Gasteiger partial charge in [0.2, 0.25) is 0 Å². The van der Waals surface area contributed by atoms with E-state index < -0.39 is 0 Å². The number of rotatable bonds is 5. The fourth-order valence-corrected chi connectivity index (χ4v) is 3.56. The molecular weight excluding hydrogens is 311 g/mol. The van der Waals surface area contributed by atoms with Crippen molar-refractivity contribution in [2.75, 3.05) is 33.4 Å². The first-order valence-electron chi connectivity index (χ1n) is 8.09. The van der Waals surface area contributed by atoms with Crippen LogP contribution in [0.5, 0.6) is 0 Å². The predicted molar refractivity (Wildman–Crippen MR) is 85.7 cm³/mol. The van der Waals surface area contributed by atoms with Gasteiger partial charge < -0.3 is 15.0 Å². The van der Waals surface area contributed by atoms with Crippen LogP contribution in [0, 0.1) is 17.1 Å². The van der Waals surface area contributed by atoms with Gasteiger partial charge in [-0.25, -0.2) is 9.18 Å². The summed E-state index contributed by atoms with van der Waals surface area (Å²) in [5, 5.41) is 12.2. The summed E-state index contributed by atoms with van der Waals surface area (Å²) >= 11 is 0. The molecule has 2 aliphatic heterocycles. The molecule has 2 fully saturated rings. The van der Waals surface area contributed by atoms with Crippen LogP contribution in [0.25, 0.3) is 0 Å². The maximum absolute atomic E-state index is 13.5. The molecule has 0 spiro atoms. The van der Waals surface area contributed by atoms with E-state index in [-0.39, 0.29) is 23.9 Å². The Labute approximate surface area is 140 Å². The van der Waals surface area contributed by atoms with Gasteiger partial charge in [-0.15, -0.1) is 0 Å². The topological polar surface area (TPSA) is 68.6 Å². The molecule has 1 aromatic carbocycles. The van der Waals surface area contributed by atoms with E-state index in [1.165, 1.54) is 18.2 Å². The second-order valence-corrected chi connectivity index (χ2v) is 6.25. The zero-order valence-corrected chi connectivity index (χ0v) is 13.7.